The highest BCUT2D eigenvalue weighted by Gasteiger charge is 2.32. The molecule has 1 N–H and O–H groups in total. The maximum absolute atomic E-state index is 14.0. The molecule has 2 atom stereocenters. The van der Waals surface area contributed by atoms with Gasteiger partial charge in [-0.3, -0.25) is 13.9 Å². The van der Waals surface area contributed by atoms with E-state index in [1.807, 2.05) is 19.9 Å². The summed E-state index contributed by atoms with van der Waals surface area (Å²) in [6.45, 7) is 5.05. The Hall–Kier alpha value is -4.05. The van der Waals surface area contributed by atoms with Crippen LogP contribution in [0.4, 0.5) is 5.69 Å². The van der Waals surface area contributed by atoms with Gasteiger partial charge in [-0.05, 0) is 74.4 Å². The quantitative estimate of drug-likeness (QED) is 0.332. The number of nitrogens with zero attached hydrogens (tertiary/aromatic N) is 2. The van der Waals surface area contributed by atoms with E-state index in [4.69, 9.17) is 9.47 Å². The standard InChI is InChI=1S/C30H37N3O6S/c1-6-22(2)31-30(35)23(3)32(20-24-11-10-14-27(19-24)39-5)29(34)21-33(25-12-8-7-9-13-25)40(36,37)28-17-15-26(38-4)16-18-28/h7-19,22-23H,6,20-21H2,1-5H3,(H,31,35)/t22-,23+/m1/s1. The van der Waals surface area contributed by atoms with Crippen LogP contribution >= 0.6 is 0 Å². The van der Waals surface area contributed by atoms with Gasteiger partial charge in [0.15, 0.2) is 0 Å². The maximum atomic E-state index is 14.0. The zero-order valence-corrected chi connectivity index (χ0v) is 24.4. The molecule has 0 saturated heterocycles. The normalized spacial score (nSPS) is 12.6. The largest absolute Gasteiger partial charge is 0.497 e. The Bertz CT molecular complexity index is 1380. The molecule has 0 aliphatic rings. The van der Waals surface area contributed by atoms with Crippen LogP contribution in [0.2, 0.25) is 0 Å². The van der Waals surface area contributed by atoms with Crippen LogP contribution in [0.5, 0.6) is 11.5 Å². The molecule has 40 heavy (non-hydrogen) atoms. The number of hydrogen-bond donors (Lipinski definition) is 1. The molecule has 9 nitrogen and oxygen atoms in total. The van der Waals surface area contributed by atoms with Crippen molar-refractivity contribution < 1.29 is 27.5 Å². The number of carbonyl (C=O) groups excluding carboxylic acids is 2. The molecule has 3 rings (SSSR count). The zero-order valence-electron chi connectivity index (χ0n) is 23.5. The van der Waals surface area contributed by atoms with Gasteiger partial charge in [0.2, 0.25) is 11.8 Å². The summed E-state index contributed by atoms with van der Waals surface area (Å²) in [5, 5.41) is 2.92. The molecule has 0 unspecified atom stereocenters. The Morgan fingerprint density at radius 1 is 0.875 bits per heavy atom. The minimum absolute atomic E-state index is 0.00635. The number of nitrogens with one attached hydrogen (secondary N) is 1. The average molecular weight is 568 g/mol. The molecule has 0 aromatic heterocycles. The minimum atomic E-state index is -4.15. The third-order valence-electron chi connectivity index (χ3n) is 6.63. The van der Waals surface area contributed by atoms with E-state index in [0.29, 0.717) is 17.2 Å². The fraction of sp³-hybridized carbons (Fsp3) is 0.333. The summed E-state index contributed by atoms with van der Waals surface area (Å²) in [7, 11) is -1.11. The zero-order chi connectivity index (χ0) is 29.3. The van der Waals surface area contributed by atoms with Gasteiger partial charge in [0.1, 0.15) is 24.1 Å². The van der Waals surface area contributed by atoms with E-state index < -0.39 is 28.5 Å². The molecule has 0 aliphatic carbocycles. The smallest absolute Gasteiger partial charge is 0.264 e. The van der Waals surface area contributed by atoms with Gasteiger partial charge in [0.25, 0.3) is 10.0 Å². The van der Waals surface area contributed by atoms with Crippen LogP contribution in [0.3, 0.4) is 0 Å². The van der Waals surface area contributed by atoms with Crippen LogP contribution in [0, 0.1) is 0 Å². The molecule has 214 valence electrons. The van der Waals surface area contributed by atoms with Crippen molar-refractivity contribution in [2.24, 2.45) is 0 Å². The van der Waals surface area contributed by atoms with Crippen molar-refractivity contribution in [3.63, 3.8) is 0 Å². The summed E-state index contributed by atoms with van der Waals surface area (Å²) >= 11 is 0. The maximum Gasteiger partial charge on any atom is 0.264 e. The first-order chi connectivity index (χ1) is 19.1. The lowest BCUT2D eigenvalue weighted by atomic mass is 10.1. The van der Waals surface area contributed by atoms with Crippen molar-refractivity contribution in [1.29, 1.82) is 0 Å². The SMILES string of the molecule is CC[C@@H](C)NC(=O)[C@H](C)N(Cc1cccc(OC)c1)C(=O)CN(c1ccccc1)S(=O)(=O)c1ccc(OC)cc1. The van der Waals surface area contributed by atoms with E-state index in [0.717, 1.165) is 16.3 Å². The summed E-state index contributed by atoms with van der Waals surface area (Å²) in [6.07, 6.45) is 0.726. The molecular weight excluding hydrogens is 530 g/mol. The number of anilines is 1. The number of carbonyl (C=O) groups is 2. The van der Waals surface area contributed by atoms with Crippen LogP contribution in [0.25, 0.3) is 0 Å². The predicted octanol–water partition coefficient (Wildman–Crippen LogP) is 4.23. The topological polar surface area (TPSA) is 105 Å². The molecule has 0 saturated carbocycles. The fourth-order valence-electron chi connectivity index (χ4n) is 4.01. The third kappa shape index (κ3) is 7.53. The van der Waals surface area contributed by atoms with Gasteiger partial charge in [-0.2, -0.15) is 0 Å². The molecule has 0 aliphatic heterocycles. The number of rotatable bonds is 13. The number of methoxy groups -OCH3 is 2. The van der Waals surface area contributed by atoms with Gasteiger partial charge in [-0.25, -0.2) is 8.42 Å². The van der Waals surface area contributed by atoms with Crippen LogP contribution < -0.4 is 19.1 Å². The number of amides is 2. The molecule has 2 amide bonds. The molecule has 0 bridgehead atoms. The van der Waals surface area contributed by atoms with E-state index >= 15 is 0 Å². The second-order valence-electron chi connectivity index (χ2n) is 9.39. The third-order valence-corrected chi connectivity index (χ3v) is 8.41. The molecule has 0 fully saturated rings. The van der Waals surface area contributed by atoms with Crippen LogP contribution in [0.15, 0.2) is 83.8 Å². The Morgan fingerprint density at radius 3 is 2.12 bits per heavy atom. The first-order valence-electron chi connectivity index (χ1n) is 13.0. The minimum Gasteiger partial charge on any atom is -0.497 e. The van der Waals surface area contributed by atoms with E-state index in [1.165, 1.54) is 24.1 Å². The lowest BCUT2D eigenvalue weighted by Crippen LogP contribution is -2.52. The van der Waals surface area contributed by atoms with Crippen LogP contribution in [0.1, 0.15) is 32.8 Å². The summed E-state index contributed by atoms with van der Waals surface area (Å²) in [4.78, 5) is 28.5. The van der Waals surface area contributed by atoms with Crippen molar-refractivity contribution in [3.05, 3.63) is 84.4 Å². The Balaban J connectivity index is 2.01. The van der Waals surface area contributed by atoms with Crippen molar-refractivity contribution in [2.45, 2.75) is 50.7 Å². The van der Waals surface area contributed by atoms with Gasteiger partial charge < -0.3 is 19.7 Å². The summed E-state index contributed by atoms with van der Waals surface area (Å²) in [5.74, 6) is 0.256. The number of para-hydroxylation sites is 1. The van der Waals surface area contributed by atoms with E-state index in [9.17, 15) is 18.0 Å². The van der Waals surface area contributed by atoms with Crippen LogP contribution in [-0.2, 0) is 26.2 Å². The van der Waals surface area contributed by atoms with Gasteiger partial charge in [0, 0.05) is 12.6 Å². The van der Waals surface area contributed by atoms with E-state index in [1.54, 1.807) is 74.7 Å². The summed E-state index contributed by atoms with van der Waals surface area (Å²) in [6, 6.07) is 20.6. The average Bonchev–Trinajstić information content (AvgIpc) is 2.98. The Morgan fingerprint density at radius 2 is 1.52 bits per heavy atom. The predicted molar refractivity (Wildman–Crippen MR) is 155 cm³/mol. The van der Waals surface area contributed by atoms with Crippen LogP contribution in [-0.4, -0.2) is 58.0 Å². The van der Waals surface area contributed by atoms with Gasteiger partial charge in [-0.15, -0.1) is 0 Å². The van der Waals surface area contributed by atoms with Gasteiger partial charge in [0.05, 0.1) is 24.8 Å². The van der Waals surface area contributed by atoms with Crippen molar-refractivity contribution in [2.75, 3.05) is 25.1 Å². The molecule has 0 radical (unpaired) electrons. The molecule has 0 spiro atoms. The van der Waals surface area contributed by atoms with Gasteiger partial charge in [-0.1, -0.05) is 37.3 Å². The first kappa shape index (κ1) is 30.5. The van der Waals surface area contributed by atoms with Crippen molar-refractivity contribution in [3.8, 4) is 11.5 Å². The molecule has 10 heteroatoms. The highest BCUT2D eigenvalue weighted by molar-refractivity contribution is 7.92. The fourth-order valence-corrected chi connectivity index (χ4v) is 5.43. The number of sulfonamides is 1. The second-order valence-corrected chi connectivity index (χ2v) is 11.3. The highest BCUT2D eigenvalue weighted by atomic mass is 32.2. The Kier molecular flexibility index (Phi) is 10.6. The molecular formula is C30H37N3O6S. The van der Waals surface area contributed by atoms with E-state index in [2.05, 4.69) is 5.32 Å². The lowest BCUT2D eigenvalue weighted by Gasteiger charge is -2.32. The monoisotopic (exact) mass is 567 g/mol. The highest BCUT2D eigenvalue weighted by Crippen LogP contribution is 2.26. The van der Waals surface area contributed by atoms with Gasteiger partial charge >= 0.3 is 0 Å². The molecule has 3 aromatic rings. The number of hydrogen-bond acceptors (Lipinski definition) is 6. The van der Waals surface area contributed by atoms with Crippen molar-refractivity contribution >= 4 is 27.5 Å². The molecule has 0 heterocycles. The first-order valence-corrected chi connectivity index (χ1v) is 14.5. The van der Waals surface area contributed by atoms with Crippen molar-refractivity contribution in [1.82, 2.24) is 10.2 Å². The lowest BCUT2D eigenvalue weighted by molar-refractivity contribution is -0.139. The number of ether oxygens (including phenoxy) is 2. The summed E-state index contributed by atoms with van der Waals surface area (Å²) < 4.78 is 39.2. The number of benzene rings is 3. The second kappa shape index (κ2) is 13.8. The van der Waals surface area contributed by atoms with E-state index in [-0.39, 0.29) is 23.4 Å². The molecule has 3 aromatic carbocycles. The Labute approximate surface area is 236 Å². The summed E-state index contributed by atoms with van der Waals surface area (Å²) in [5.41, 5.74) is 1.06.